The van der Waals surface area contributed by atoms with Crippen LogP contribution in [0.2, 0.25) is 5.04 Å². The van der Waals surface area contributed by atoms with Crippen LogP contribution in [0.4, 0.5) is 0 Å². The predicted molar refractivity (Wildman–Crippen MR) is 110 cm³/mol. The van der Waals surface area contributed by atoms with Gasteiger partial charge in [-0.2, -0.15) is 0 Å². The van der Waals surface area contributed by atoms with Gasteiger partial charge in [0.2, 0.25) is 0 Å². The molecular formula is C22H29NOSi. The molecule has 0 saturated heterocycles. The normalized spacial score (nSPS) is 13.0. The van der Waals surface area contributed by atoms with E-state index in [-0.39, 0.29) is 11.1 Å². The van der Waals surface area contributed by atoms with E-state index in [1.54, 1.807) is 0 Å². The first-order valence-corrected chi connectivity index (χ1v) is 10.7. The third-order valence-corrected chi connectivity index (χ3v) is 9.48. The van der Waals surface area contributed by atoms with E-state index in [4.69, 9.17) is 10.2 Å². The number of hydrogen-bond acceptors (Lipinski definition) is 2. The molecule has 2 rings (SSSR count). The number of nitrogens with two attached hydrogens (primary N) is 1. The van der Waals surface area contributed by atoms with E-state index >= 15 is 0 Å². The quantitative estimate of drug-likeness (QED) is 0.640. The summed E-state index contributed by atoms with van der Waals surface area (Å²) < 4.78 is 6.77. The Morgan fingerprint density at radius 2 is 1.44 bits per heavy atom. The van der Waals surface area contributed by atoms with Gasteiger partial charge in [-0.05, 0) is 22.3 Å². The molecule has 2 aromatic rings. The Bertz CT molecular complexity index is 671. The number of rotatable bonds is 6. The molecular weight excluding hydrogens is 322 g/mol. The van der Waals surface area contributed by atoms with Crippen LogP contribution in [-0.4, -0.2) is 21.0 Å². The van der Waals surface area contributed by atoms with Crippen LogP contribution in [0.5, 0.6) is 0 Å². The van der Waals surface area contributed by atoms with Crippen LogP contribution in [-0.2, 0) is 4.43 Å². The molecule has 25 heavy (non-hydrogen) atoms. The van der Waals surface area contributed by atoms with Crippen molar-refractivity contribution in [3.05, 3.63) is 60.7 Å². The van der Waals surface area contributed by atoms with E-state index in [0.29, 0.717) is 13.0 Å². The zero-order valence-electron chi connectivity index (χ0n) is 15.8. The summed E-state index contributed by atoms with van der Waals surface area (Å²) in [5.74, 6) is 5.98. The average molecular weight is 352 g/mol. The molecule has 2 aromatic carbocycles. The maximum atomic E-state index is 6.77. The van der Waals surface area contributed by atoms with Crippen molar-refractivity contribution < 1.29 is 4.43 Å². The third-order valence-electron chi connectivity index (χ3n) is 4.47. The molecule has 2 N–H and O–H groups in total. The zero-order valence-corrected chi connectivity index (χ0v) is 16.8. The Hall–Kier alpha value is -1.86. The summed E-state index contributed by atoms with van der Waals surface area (Å²) in [6.07, 6.45) is 0.661. The summed E-state index contributed by atoms with van der Waals surface area (Å²) >= 11 is 0. The van der Waals surface area contributed by atoms with Crippen molar-refractivity contribution >= 4 is 18.7 Å². The van der Waals surface area contributed by atoms with Crippen LogP contribution in [0.3, 0.4) is 0 Å². The van der Waals surface area contributed by atoms with Crippen molar-refractivity contribution in [1.82, 2.24) is 0 Å². The lowest BCUT2D eigenvalue weighted by molar-refractivity contribution is 0.273. The van der Waals surface area contributed by atoms with Gasteiger partial charge >= 0.3 is 0 Å². The van der Waals surface area contributed by atoms with Gasteiger partial charge in [0.25, 0.3) is 8.32 Å². The molecule has 2 nitrogen and oxygen atoms in total. The lowest BCUT2D eigenvalue weighted by Crippen LogP contribution is -2.67. The molecule has 0 heterocycles. The molecule has 0 saturated carbocycles. The van der Waals surface area contributed by atoms with Gasteiger partial charge in [0.1, 0.15) is 0 Å². The minimum Gasteiger partial charge on any atom is -0.406 e. The van der Waals surface area contributed by atoms with Gasteiger partial charge in [0, 0.05) is 12.5 Å². The molecule has 0 bridgehead atoms. The first-order chi connectivity index (χ1) is 11.9. The van der Waals surface area contributed by atoms with Gasteiger partial charge in [-0.1, -0.05) is 81.4 Å². The van der Waals surface area contributed by atoms with Gasteiger partial charge in [-0.3, -0.25) is 0 Å². The Labute approximate surface area is 153 Å². The van der Waals surface area contributed by atoms with Crippen molar-refractivity contribution in [2.45, 2.75) is 45.2 Å². The first-order valence-electron chi connectivity index (χ1n) is 8.82. The standard InChI is InChI=1S/C22H29NOSi/c1-5-6-13-19(23)18-24-25(22(2,3)4,20-14-9-7-10-15-20)21-16-11-8-12-17-21/h7-12,14-17,19H,13,18,23H2,1-4H3/t19-/m1/s1. The predicted octanol–water partition coefficient (Wildman–Crippen LogP) is 3.30. The van der Waals surface area contributed by atoms with E-state index < -0.39 is 8.32 Å². The fourth-order valence-electron chi connectivity index (χ4n) is 3.29. The van der Waals surface area contributed by atoms with Crippen molar-refractivity contribution in [3.63, 3.8) is 0 Å². The van der Waals surface area contributed by atoms with E-state index in [0.717, 1.165) is 0 Å². The molecule has 0 aromatic heterocycles. The molecule has 0 unspecified atom stereocenters. The van der Waals surface area contributed by atoms with Crippen LogP contribution < -0.4 is 16.1 Å². The summed E-state index contributed by atoms with van der Waals surface area (Å²) in [7, 11) is -2.48. The van der Waals surface area contributed by atoms with Gasteiger partial charge in [0.15, 0.2) is 0 Å². The second-order valence-corrected chi connectivity index (χ2v) is 11.7. The molecule has 0 radical (unpaired) electrons. The second kappa shape index (κ2) is 8.49. The fourth-order valence-corrected chi connectivity index (χ4v) is 7.91. The van der Waals surface area contributed by atoms with Crippen LogP contribution in [0.15, 0.2) is 60.7 Å². The molecule has 0 spiro atoms. The molecule has 0 fully saturated rings. The summed E-state index contributed by atoms with van der Waals surface area (Å²) in [6, 6.07) is 21.2. The maximum absolute atomic E-state index is 6.77. The topological polar surface area (TPSA) is 35.2 Å². The largest absolute Gasteiger partial charge is 0.406 e. The van der Waals surface area contributed by atoms with Crippen LogP contribution >= 0.6 is 0 Å². The highest BCUT2D eigenvalue weighted by Crippen LogP contribution is 2.36. The van der Waals surface area contributed by atoms with E-state index in [2.05, 4.69) is 93.3 Å². The molecule has 0 amide bonds. The van der Waals surface area contributed by atoms with Gasteiger partial charge in [-0.15, -0.1) is 11.8 Å². The highest BCUT2D eigenvalue weighted by atomic mass is 28.4. The molecule has 0 aliphatic rings. The van der Waals surface area contributed by atoms with Crippen LogP contribution in [0.1, 0.15) is 34.1 Å². The molecule has 3 heteroatoms. The van der Waals surface area contributed by atoms with Gasteiger partial charge in [-0.25, -0.2) is 0 Å². The number of benzene rings is 2. The summed E-state index contributed by atoms with van der Waals surface area (Å²) in [5.41, 5.74) is 6.26. The zero-order chi connectivity index (χ0) is 18.3. The smallest absolute Gasteiger partial charge is 0.261 e. The SMILES string of the molecule is CC#CC[C@@H](N)CO[Si](c1ccccc1)(c1ccccc1)C(C)(C)C. The Morgan fingerprint density at radius 1 is 0.960 bits per heavy atom. The Kier molecular flexibility index (Phi) is 6.61. The molecule has 132 valence electrons. The van der Waals surface area contributed by atoms with Crippen molar-refractivity contribution in [2.75, 3.05) is 6.61 Å². The minimum absolute atomic E-state index is 0.0220. The highest BCUT2D eigenvalue weighted by Gasteiger charge is 2.50. The molecule has 1 atom stereocenters. The summed E-state index contributed by atoms with van der Waals surface area (Å²) in [4.78, 5) is 0. The maximum Gasteiger partial charge on any atom is 0.261 e. The Balaban J connectivity index is 2.50. The Morgan fingerprint density at radius 3 is 1.84 bits per heavy atom. The van der Waals surface area contributed by atoms with Gasteiger partial charge < -0.3 is 10.2 Å². The average Bonchev–Trinajstić information content (AvgIpc) is 2.61. The van der Waals surface area contributed by atoms with Crippen molar-refractivity contribution in [1.29, 1.82) is 0 Å². The lowest BCUT2D eigenvalue weighted by atomic mass is 10.2. The highest BCUT2D eigenvalue weighted by molar-refractivity contribution is 6.99. The molecule has 0 aliphatic carbocycles. The first kappa shape index (κ1) is 19.5. The minimum atomic E-state index is -2.48. The van der Waals surface area contributed by atoms with E-state index in [1.165, 1.54) is 10.4 Å². The summed E-state index contributed by atoms with van der Waals surface area (Å²) in [5, 5.41) is 2.54. The van der Waals surface area contributed by atoms with Crippen LogP contribution in [0, 0.1) is 11.8 Å². The van der Waals surface area contributed by atoms with Crippen molar-refractivity contribution in [3.8, 4) is 11.8 Å². The molecule has 0 aliphatic heterocycles. The third kappa shape index (κ3) is 4.41. The summed E-state index contributed by atoms with van der Waals surface area (Å²) in [6.45, 7) is 9.18. The van der Waals surface area contributed by atoms with E-state index in [9.17, 15) is 0 Å². The second-order valence-electron chi connectivity index (χ2n) is 7.37. The van der Waals surface area contributed by atoms with Gasteiger partial charge in [0.05, 0.1) is 6.61 Å². The van der Waals surface area contributed by atoms with Crippen LogP contribution in [0.25, 0.3) is 0 Å². The lowest BCUT2D eigenvalue weighted by Gasteiger charge is -2.43. The monoisotopic (exact) mass is 351 g/mol. The number of hydrogen-bond donors (Lipinski definition) is 1. The van der Waals surface area contributed by atoms with Crippen molar-refractivity contribution in [2.24, 2.45) is 5.73 Å². The fraction of sp³-hybridized carbons (Fsp3) is 0.364. The van der Waals surface area contributed by atoms with E-state index in [1.807, 2.05) is 6.92 Å².